The van der Waals surface area contributed by atoms with Gasteiger partial charge in [-0.3, -0.25) is 4.72 Å². The fourth-order valence-electron chi connectivity index (χ4n) is 2.03. The van der Waals surface area contributed by atoms with Gasteiger partial charge in [0.25, 0.3) is 10.0 Å². The number of nitrogen functional groups attached to an aromatic ring is 1. The predicted molar refractivity (Wildman–Crippen MR) is 85.2 cm³/mol. The number of aromatic nitrogens is 2. The first-order valence-corrected chi connectivity index (χ1v) is 8.13. The fraction of sp³-hybridized carbons (Fsp3) is 0. The number of hydrogen-bond donors (Lipinski definition) is 2. The second-order valence-corrected chi connectivity index (χ2v) is 6.44. The normalized spacial score (nSPS) is 11.3. The van der Waals surface area contributed by atoms with Crippen LogP contribution in [0.4, 0.5) is 15.9 Å². The second kappa shape index (κ2) is 5.73. The molecule has 0 aliphatic heterocycles. The summed E-state index contributed by atoms with van der Waals surface area (Å²) in [6, 6.07) is 13.9. The summed E-state index contributed by atoms with van der Waals surface area (Å²) in [5.74, 6) is -0.544. The van der Waals surface area contributed by atoms with Gasteiger partial charge in [0.2, 0.25) is 0 Å². The second-order valence-electron chi connectivity index (χ2n) is 4.75. The van der Waals surface area contributed by atoms with Gasteiger partial charge in [0.05, 0.1) is 22.5 Å². The number of sulfonamides is 1. The van der Waals surface area contributed by atoms with Gasteiger partial charge in [-0.1, -0.05) is 18.2 Å². The highest BCUT2D eigenvalue weighted by molar-refractivity contribution is 7.92. The summed E-state index contributed by atoms with van der Waals surface area (Å²) < 4.78 is 42.1. The van der Waals surface area contributed by atoms with Crippen LogP contribution in [0.5, 0.6) is 0 Å². The quantitative estimate of drug-likeness (QED) is 0.718. The van der Waals surface area contributed by atoms with Crippen molar-refractivity contribution in [3.63, 3.8) is 0 Å². The van der Waals surface area contributed by atoms with Gasteiger partial charge in [-0.2, -0.15) is 5.10 Å². The van der Waals surface area contributed by atoms with E-state index in [-0.39, 0.29) is 16.4 Å². The number of nitrogens with two attached hydrogens (primary N) is 1. The van der Waals surface area contributed by atoms with Crippen molar-refractivity contribution in [2.24, 2.45) is 0 Å². The summed E-state index contributed by atoms with van der Waals surface area (Å²) in [4.78, 5) is -0.218. The molecule has 3 aromatic rings. The summed E-state index contributed by atoms with van der Waals surface area (Å²) >= 11 is 0. The van der Waals surface area contributed by atoms with Crippen LogP contribution in [0.25, 0.3) is 5.69 Å². The minimum absolute atomic E-state index is 0.113. The van der Waals surface area contributed by atoms with Crippen LogP contribution in [0.1, 0.15) is 0 Å². The van der Waals surface area contributed by atoms with Crippen molar-refractivity contribution in [2.75, 3.05) is 10.5 Å². The Morgan fingerprint density at radius 3 is 2.52 bits per heavy atom. The SMILES string of the molecule is Nc1ccc(S(=O)(=O)Nc2ccnn2-c2ccccc2)cc1F. The summed E-state index contributed by atoms with van der Waals surface area (Å²) in [7, 11) is -3.96. The Labute approximate surface area is 132 Å². The third kappa shape index (κ3) is 3.02. The number of hydrogen-bond acceptors (Lipinski definition) is 4. The molecule has 0 aliphatic rings. The van der Waals surface area contributed by atoms with Crippen molar-refractivity contribution in [3.8, 4) is 5.69 Å². The lowest BCUT2D eigenvalue weighted by atomic mass is 10.3. The first-order chi connectivity index (χ1) is 11.0. The lowest BCUT2D eigenvalue weighted by molar-refractivity contribution is 0.596. The Bertz CT molecular complexity index is 939. The standard InChI is InChI=1S/C15H13FN4O2S/c16-13-10-12(6-7-14(13)17)23(21,22)19-15-8-9-18-20(15)11-4-2-1-3-5-11/h1-10,19H,17H2. The maximum Gasteiger partial charge on any atom is 0.263 e. The van der Waals surface area contributed by atoms with Crippen LogP contribution in [-0.2, 0) is 10.0 Å². The predicted octanol–water partition coefficient (Wildman–Crippen LogP) is 2.39. The van der Waals surface area contributed by atoms with Gasteiger partial charge in [0.1, 0.15) is 11.6 Å². The number of nitrogens with zero attached hydrogens (tertiary/aromatic N) is 2. The Morgan fingerprint density at radius 2 is 1.83 bits per heavy atom. The average Bonchev–Trinajstić information content (AvgIpc) is 2.98. The number of halogens is 1. The summed E-state index contributed by atoms with van der Waals surface area (Å²) in [6.45, 7) is 0. The van der Waals surface area contributed by atoms with E-state index in [0.717, 1.165) is 6.07 Å². The van der Waals surface area contributed by atoms with Crippen LogP contribution in [0.15, 0.2) is 65.7 Å². The molecule has 3 N–H and O–H groups in total. The Morgan fingerprint density at radius 1 is 1.09 bits per heavy atom. The van der Waals surface area contributed by atoms with Crippen molar-refractivity contribution in [1.82, 2.24) is 9.78 Å². The molecule has 0 fully saturated rings. The molecule has 0 amide bonds. The first kappa shape index (κ1) is 15.0. The van der Waals surface area contributed by atoms with Gasteiger partial charge in [0, 0.05) is 6.07 Å². The number of rotatable bonds is 4. The number of para-hydroxylation sites is 1. The van der Waals surface area contributed by atoms with Crippen LogP contribution < -0.4 is 10.5 Å². The van der Waals surface area contributed by atoms with E-state index in [0.29, 0.717) is 5.69 Å². The van der Waals surface area contributed by atoms with Gasteiger partial charge < -0.3 is 5.73 Å². The minimum Gasteiger partial charge on any atom is -0.396 e. The molecule has 23 heavy (non-hydrogen) atoms. The van der Waals surface area contributed by atoms with Gasteiger partial charge in [0.15, 0.2) is 0 Å². The minimum atomic E-state index is -3.96. The molecule has 0 unspecified atom stereocenters. The first-order valence-electron chi connectivity index (χ1n) is 6.65. The molecule has 2 aromatic carbocycles. The average molecular weight is 332 g/mol. The third-order valence-electron chi connectivity index (χ3n) is 3.16. The van der Waals surface area contributed by atoms with Crippen molar-refractivity contribution < 1.29 is 12.8 Å². The molecular formula is C15H13FN4O2S. The van der Waals surface area contributed by atoms with Crippen LogP contribution >= 0.6 is 0 Å². The number of nitrogens with one attached hydrogen (secondary N) is 1. The topological polar surface area (TPSA) is 90.0 Å². The van der Waals surface area contributed by atoms with Crippen molar-refractivity contribution in [3.05, 3.63) is 66.6 Å². The van der Waals surface area contributed by atoms with Crippen molar-refractivity contribution in [1.29, 1.82) is 0 Å². The van der Waals surface area contributed by atoms with E-state index in [4.69, 9.17) is 5.73 Å². The molecule has 0 spiro atoms. The van der Waals surface area contributed by atoms with Crippen LogP contribution in [0.3, 0.4) is 0 Å². The lowest BCUT2D eigenvalue weighted by Gasteiger charge is -2.11. The maximum atomic E-state index is 13.5. The maximum absolute atomic E-state index is 13.5. The highest BCUT2D eigenvalue weighted by atomic mass is 32.2. The van der Waals surface area contributed by atoms with Gasteiger partial charge >= 0.3 is 0 Å². The van der Waals surface area contributed by atoms with Crippen LogP contribution in [0, 0.1) is 5.82 Å². The molecular weight excluding hydrogens is 319 g/mol. The van der Waals surface area contributed by atoms with Crippen molar-refractivity contribution in [2.45, 2.75) is 4.90 Å². The van der Waals surface area contributed by atoms with E-state index < -0.39 is 15.8 Å². The molecule has 0 bridgehead atoms. The molecule has 0 atom stereocenters. The van der Waals surface area contributed by atoms with Gasteiger partial charge in [-0.25, -0.2) is 17.5 Å². The third-order valence-corrected chi connectivity index (χ3v) is 4.52. The number of benzene rings is 2. The molecule has 0 aliphatic carbocycles. The van der Waals surface area contributed by atoms with Crippen molar-refractivity contribution >= 4 is 21.5 Å². The summed E-state index contributed by atoms with van der Waals surface area (Å²) in [5, 5.41) is 4.09. The molecule has 1 heterocycles. The molecule has 8 heteroatoms. The number of anilines is 2. The molecule has 0 saturated carbocycles. The highest BCUT2D eigenvalue weighted by Crippen LogP contribution is 2.21. The largest absolute Gasteiger partial charge is 0.396 e. The van der Waals surface area contributed by atoms with E-state index in [1.807, 2.05) is 18.2 Å². The van der Waals surface area contributed by atoms with E-state index in [1.54, 1.807) is 12.1 Å². The Hall–Kier alpha value is -2.87. The van der Waals surface area contributed by atoms with E-state index in [2.05, 4.69) is 9.82 Å². The zero-order chi connectivity index (χ0) is 16.4. The van der Waals surface area contributed by atoms with Crippen LogP contribution in [0.2, 0.25) is 0 Å². The summed E-state index contributed by atoms with van der Waals surface area (Å²) in [6.07, 6.45) is 1.47. The van der Waals surface area contributed by atoms with E-state index in [1.165, 1.54) is 29.1 Å². The monoisotopic (exact) mass is 332 g/mol. The fourth-order valence-corrected chi connectivity index (χ4v) is 3.08. The van der Waals surface area contributed by atoms with E-state index >= 15 is 0 Å². The molecule has 6 nitrogen and oxygen atoms in total. The zero-order valence-corrected chi connectivity index (χ0v) is 12.7. The van der Waals surface area contributed by atoms with Gasteiger partial charge in [-0.15, -0.1) is 0 Å². The molecule has 0 radical (unpaired) electrons. The molecule has 0 saturated heterocycles. The highest BCUT2D eigenvalue weighted by Gasteiger charge is 2.18. The Kier molecular flexibility index (Phi) is 3.75. The van der Waals surface area contributed by atoms with E-state index in [9.17, 15) is 12.8 Å². The van der Waals surface area contributed by atoms with Crippen LogP contribution in [-0.4, -0.2) is 18.2 Å². The zero-order valence-electron chi connectivity index (χ0n) is 11.8. The molecule has 118 valence electrons. The molecule has 3 rings (SSSR count). The molecule has 1 aromatic heterocycles. The lowest BCUT2D eigenvalue weighted by Crippen LogP contribution is -2.16. The smallest absolute Gasteiger partial charge is 0.263 e. The Balaban J connectivity index is 1.96. The summed E-state index contributed by atoms with van der Waals surface area (Å²) in [5.41, 5.74) is 5.94. The van der Waals surface area contributed by atoms with Gasteiger partial charge in [-0.05, 0) is 30.3 Å².